The number of halogens is 1. The van der Waals surface area contributed by atoms with E-state index in [9.17, 15) is 5.11 Å². The molecule has 1 aromatic rings. The topological polar surface area (TPSA) is 49.2 Å². The van der Waals surface area contributed by atoms with Crippen LogP contribution in [-0.4, -0.2) is 28.2 Å². The van der Waals surface area contributed by atoms with Crippen LogP contribution in [0.2, 0.25) is 5.15 Å². The molecule has 0 saturated heterocycles. The Balaban J connectivity index is 2.21. The molecule has 1 aliphatic rings. The van der Waals surface area contributed by atoms with E-state index in [0.29, 0.717) is 16.8 Å². The molecule has 1 N–H and O–H groups in total. The van der Waals surface area contributed by atoms with E-state index in [1.54, 1.807) is 0 Å². The summed E-state index contributed by atoms with van der Waals surface area (Å²) in [6.45, 7) is -0.119. The summed E-state index contributed by atoms with van der Waals surface area (Å²) in [6, 6.07) is 0.490. The molecule has 100 valence electrons. The van der Waals surface area contributed by atoms with Gasteiger partial charge in [0.25, 0.3) is 0 Å². The van der Waals surface area contributed by atoms with Crippen molar-refractivity contribution in [2.24, 2.45) is 0 Å². The molecule has 1 saturated carbocycles. The van der Waals surface area contributed by atoms with Crippen LogP contribution < -0.4 is 4.90 Å². The fraction of sp³-hybridized carbons (Fsp3) is 0.692. The van der Waals surface area contributed by atoms with E-state index in [0.717, 1.165) is 5.82 Å². The zero-order chi connectivity index (χ0) is 13.0. The van der Waals surface area contributed by atoms with Crippen molar-refractivity contribution < 1.29 is 5.11 Å². The van der Waals surface area contributed by atoms with Crippen LogP contribution in [0.25, 0.3) is 0 Å². The zero-order valence-corrected chi connectivity index (χ0v) is 11.5. The van der Waals surface area contributed by atoms with E-state index in [4.69, 9.17) is 11.6 Å². The van der Waals surface area contributed by atoms with Crippen molar-refractivity contribution in [3.63, 3.8) is 0 Å². The molecule has 0 radical (unpaired) electrons. The van der Waals surface area contributed by atoms with Gasteiger partial charge in [0, 0.05) is 13.1 Å². The monoisotopic (exact) mass is 269 g/mol. The summed E-state index contributed by atoms with van der Waals surface area (Å²) in [5.74, 6) is 0.768. The highest BCUT2D eigenvalue weighted by atomic mass is 35.5. The number of hydrogen-bond donors (Lipinski definition) is 1. The second-order valence-corrected chi connectivity index (χ2v) is 5.24. The van der Waals surface area contributed by atoms with Crippen molar-refractivity contribution in [1.82, 2.24) is 9.97 Å². The number of anilines is 1. The van der Waals surface area contributed by atoms with Gasteiger partial charge in [0.05, 0.1) is 12.2 Å². The minimum Gasteiger partial charge on any atom is -0.391 e. The van der Waals surface area contributed by atoms with Crippen LogP contribution in [0, 0.1) is 0 Å². The van der Waals surface area contributed by atoms with Crippen molar-refractivity contribution in [3.8, 4) is 0 Å². The molecule has 0 amide bonds. The molecule has 0 atom stereocenters. The van der Waals surface area contributed by atoms with Crippen molar-refractivity contribution >= 4 is 17.4 Å². The molecule has 1 fully saturated rings. The lowest BCUT2D eigenvalue weighted by atomic mass is 10.1. The van der Waals surface area contributed by atoms with E-state index < -0.39 is 0 Å². The van der Waals surface area contributed by atoms with Crippen LogP contribution in [0.5, 0.6) is 0 Å². The van der Waals surface area contributed by atoms with Gasteiger partial charge < -0.3 is 10.0 Å². The lowest BCUT2D eigenvalue weighted by Gasteiger charge is -2.29. The van der Waals surface area contributed by atoms with Crippen molar-refractivity contribution in [2.75, 3.05) is 11.9 Å². The molecular formula is C13H20ClN3O. The Hall–Kier alpha value is -0.870. The van der Waals surface area contributed by atoms with E-state index in [2.05, 4.69) is 14.9 Å². The lowest BCUT2D eigenvalue weighted by Crippen LogP contribution is -2.32. The second-order valence-electron chi connectivity index (χ2n) is 4.88. The number of nitrogens with zero attached hydrogens (tertiary/aromatic N) is 3. The molecule has 1 aliphatic carbocycles. The quantitative estimate of drug-likeness (QED) is 0.677. The third-order valence-electron chi connectivity index (χ3n) is 3.73. The third-order valence-corrected chi connectivity index (χ3v) is 4.06. The number of hydrogen-bond acceptors (Lipinski definition) is 4. The van der Waals surface area contributed by atoms with Gasteiger partial charge in [-0.2, -0.15) is 0 Å². The molecular weight excluding hydrogens is 250 g/mol. The molecule has 0 unspecified atom stereocenters. The first-order chi connectivity index (χ1) is 8.74. The molecule has 1 aromatic heterocycles. The van der Waals surface area contributed by atoms with Crippen molar-refractivity contribution in [2.45, 2.75) is 51.2 Å². The molecule has 5 heteroatoms. The van der Waals surface area contributed by atoms with E-state index in [1.807, 2.05) is 7.05 Å². The highest BCUT2D eigenvalue weighted by molar-refractivity contribution is 6.30. The van der Waals surface area contributed by atoms with Gasteiger partial charge in [-0.1, -0.05) is 37.3 Å². The summed E-state index contributed by atoms with van der Waals surface area (Å²) < 4.78 is 0. The Kier molecular flexibility index (Phi) is 4.78. The maximum absolute atomic E-state index is 9.41. The Bertz CT molecular complexity index is 392. The van der Waals surface area contributed by atoms with E-state index >= 15 is 0 Å². The molecule has 4 nitrogen and oxygen atoms in total. The van der Waals surface area contributed by atoms with Gasteiger partial charge in [0.15, 0.2) is 0 Å². The largest absolute Gasteiger partial charge is 0.391 e. The summed E-state index contributed by atoms with van der Waals surface area (Å²) in [7, 11) is 2.04. The van der Waals surface area contributed by atoms with Crippen LogP contribution in [0.15, 0.2) is 6.33 Å². The standard InChI is InChI=1S/C13H20ClN3O/c1-17(10-6-4-2-3-5-7-10)13-11(8-18)12(14)15-9-16-13/h9-10,18H,2-8H2,1H3. The van der Waals surface area contributed by atoms with Gasteiger partial charge in [-0.25, -0.2) is 9.97 Å². The predicted molar refractivity (Wildman–Crippen MR) is 72.9 cm³/mol. The van der Waals surface area contributed by atoms with Gasteiger partial charge in [0.2, 0.25) is 0 Å². The lowest BCUT2D eigenvalue weighted by molar-refractivity contribution is 0.281. The molecule has 0 spiro atoms. The first-order valence-electron chi connectivity index (χ1n) is 6.57. The molecule has 2 rings (SSSR count). The van der Waals surface area contributed by atoms with Crippen LogP contribution >= 0.6 is 11.6 Å². The average Bonchev–Trinajstić information content (AvgIpc) is 2.66. The average molecular weight is 270 g/mol. The molecule has 18 heavy (non-hydrogen) atoms. The highest BCUT2D eigenvalue weighted by Gasteiger charge is 2.21. The van der Waals surface area contributed by atoms with Gasteiger partial charge in [-0.05, 0) is 12.8 Å². The van der Waals surface area contributed by atoms with Gasteiger partial charge in [-0.3, -0.25) is 0 Å². The Morgan fingerprint density at radius 1 is 1.28 bits per heavy atom. The molecule has 0 aliphatic heterocycles. The number of aliphatic hydroxyl groups excluding tert-OH is 1. The number of aliphatic hydroxyl groups is 1. The summed E-state index contributed by atoms with van der Waals surface area (Å²) in [4.78, 5) is 10.4. The number of aromatic nitrogens is 2. The SMILES string of the molecule is CN(c1ncnc(Cl)c1CO)C1CCCCCC1. The normalized spacial score (nSPS) is 17.5. The Morgan fingerprint density at radius 2 is 1.94 bits per heavy atom. The van der Waals surface area contributed by atoms with E-state index in [1.165, 1.54) is 44.9 Å². The summed E-state index contributed by atoms with van der Waals surface area (Å²) in [6.07, 6.45) is 9.00. The van der Waals surface area contributed by atoms with Crippen LogP contribution in [0.1, 0.15) is 44.1 Å². The van der Waals surface area contributed by atoms with Crippen molar-refractivity contribution in [1.29, 1.82) is 0 Å². The number of rotatable bonds is 3. The maximum atomic E-state index is 9.41. The van der Waals surface area contributed by atoms with Crippen molar-refractivity contribution in [3.05, 3.63) is 17.0 Å². The fourth-order valence-corrected chi connectivity index (χ4v) is 2.83. The summed E-state index contributed by atoms with van der Waals surface area (Å²) in [5.41, 5.74) is 0.630. The first-order valence-corrected chi connectivity index (χ1v) is 6.95. The Morgan fingerprint density at radius 3 is 2.56 bits per heavy atom. The fourth-order valence-electron chi connectivity index (χ4n) is 2.64. The van der Waals surface area contributed by atoms with Crippen LogP contribution in [0.3, 0.4) is 0 Å². The van der Waals surface area contributed by atoms with E-state index in [-0.39, 0.29) is 6.61 Å². The first kappa shape index (κ1) is 13.6. The summed E-state index contributed by atoms with van der Waals surface area (Å²) in [5, 5.41) is 9.76. The second kappa shape index (κ2) is 6.34. The van der Waals surface area contributed by atoms with Gasteiger partial charge in [-0.15, -0.1) is 0 Å². The van der Waals surface area contributed by atoms with Crippen LogP contribution in [0.4, 0.5) is 5.82 Å². The minimum atomic E-state index is -0.119. The van der Waals surface area contributed by atoms with Gasteiger partial charge in [0.1, 0.15) is 17.3 Å². The minimum absolute atomic E-state index is 0.119. The molecule has 0 aromatic carbocycles. The molecule has 0 bridgehead atoms. The van der Waals surface area contributed by atoms with Crippen LogP contribution in [-0.2, 0) is 6.61 Å². The molecule has 1 heterocycles. The summed E-state index contributed by atoms with van der Waals surface area (Å²) >= 11 is 6.01. The zero-order valence-electron chi connectivity index (χ0n) is 10.8. The highest BCUT2D eigenvalue weighted by Crippen LogP contribution is 2.28. The smallest absolute Gasteiger partial charge is 0.140 e. The Labute approximate surface area is 113 Å². The maximum Gasteiger partial charge on any atom is 0.140 e. The third kappa shape index (κ3) is 2.93. The van der Waals surface area contributed by atoms with Gasteiger partial charge >= 0.3 is 0 Å². The predicted octanol–water partition coefficient (Wildman–Crippen LogP) is 2.78.